The van der Waals surface area contributed by atoms with E-state index in [-0.39, 0.29) is 0 Å². The van der Waals surface area contributed by atoms with Crippen LogP contribution in [0.4, 0.5) is 0 Å². The minimum atomic E-state index is 0.443. The number of nitrogens with zero attached hydrogens (tertiary/aromatic N) is 1. The van der Waals surface area contributed by atoms with Crippen LogP contribution in [0.5, 0.6) is 0 Å². The highest BCUT2D eigenvalue weighted by Gasteiger charge is 2.32. The molecule has 0 amide bonds. The molecule has 1 rings (SSSR count). The summed E-state index contributed by atoms with van der Waals surface area (Å²) in [5.74, 6) is 0.907. The highest BCUT2D eigenvalue weighted by atomic mass is 15.1. The summed E-state index contributed by atoms with van der Waals surface area (Å²) in [7, 11) is 0. The Labute approximate surface area is 134 Å². The van der Waals surface area contributed by atoms with E-state index < -0.39 is 0 Å². The van der Waals surface area contributed by atoms with Crippen LogP contribution >= 0.6 is 0 Å². The van der Waals surface area contributed by atoms with Crippen molar-refractivity contribution in [3.63, 3.8) is 0 Å². The van der Waals surface area contributed by atoms with Crippen molar-refractivity contribution in [2.45, 2.75) is 73.6 Å². The van der Waals surface area contributed by atoms with Gasteiger partial charge in [-0.3, -0.25) is 0 Å². The van der Waals surface area contributed by atoms with Crippen molar-refractivity contribution in [3.8, 4) is 0 Å². The van der Waals surface area contributed by atoms with E-state index in [0.717, 1.165) is 12.5 Å². The molecule has 0 saturated carbocycles. The van der Waals surface area contributed by atoms with E-state index in [2.05, 4.69) is 51.8 Å². The summed E-state index contributed by atoms with van der Waals surface area (Å²) >= 11 is 0. The zero-order valence-corrected chi connectivity index (χ0v) is 15.6. The topological polar surface area (TPSA) is 15.3 Å². The number of likely N-dealkylation sites (tertiary alicyclic amines) is 1. The summed E-state index contributed by atoms with van der Waals surface area (Å²) < 4.78 is 0. The second-order valence-electron chi connectivity index (χ2n) is 8.65. The Balaban J connectivity index is 2.45. The smallest absolute Gasteiger partial charge is 0.00475 e. The number of piperidine rings is 1. The molecule has 1 aliphatic rings. The monoisotopic (exact) mass is 296 g/mol. The van der Waals surface area contributed by atoms with Gasteiger partial charge in [0.05, 0.1) is 0 Å². The molecule has 0 aromatic heterocycles. The predicted molar refractivity (Wildman–Crippen MR) is 94.8 cm³/mol. The third-order valence-electron chi connectivity index (χ3n) is 5.25. The first-order valence-corrected chi connectivity index (χ1v) is 9.24. The van der Waals surface area contributed by atoms with Crippen LogP contribution in [0.15, 0.2) is 0 Å². The van der Waals surface area contributed by atoms with Crippen molar-refractivity contribution in [2.24, 2.45) is 16.7 Å². The molecule has 1 unspecified atom stereocenters. The first-order chi connectivity index (χ1) is 9.80. The maximum Gasteiger partial charge on any atom is 0.00475 e. The summed E-state index contributed by atoms with van der Waals surface area (Å²) in [6, 6.07) is 0. The van der Waals surface area contributed by atoms with E-state index in [4.69, 9.17) is 0 Å². The Morgan fingerprint density at radius 2 is 1.62 bits per heavy atom. The molecule has 0 bridgehead atoms. The average molecular weight is 297 g/mol. The van der Waals surface area contributed by atoms with Gasteiger partial charge in [-0.05, 0) is 62.1 Å². The molecule has 21 heavy (non-hydrogen) atoms. The Morgan fingerprint density at radius 1 is 1.00 bits per heavy atom. The Bertz CT molecular complexity index is 274. The molecule has 1 heterocycles. The number of hydrogen-bond acceptors (Lipinski definition) is 2. The van der Waals surface area contributed by atoms with Crippen molar-refractivity contribution in [2.75, 3.05) is 32.7 Å². The fraction of sp³-hybridized carbons (Fsp3) is 1.00. The molecule has 0 radical (unpaired) electrons. The second kappa shape index (κ2) is 8.53. The fourth-order valence-electron chi connectivity index (χ4n) is 3.89. The summed E-state index contributed by atoms with van der Waals surface area (Å²) in [4.78, 5) is 2.73. The number of rotatable bonds is 8. The Morgan fingerprint density at radius 3 is 2.10 bits per heavy atom. The highest BCUT2D eigenvalue weighted by Crippen LogP contribution is 2.35. The van der Waals surface area contributed by atoms with Crippen LogP contribution < -0.4 is 5.32 Å². The molecule has 1 atom stereocenters. The minimum absolute atomic E-state index is 0.443. The van der Waals surface area contributed by atoms with Gasteiger partial charge in [-0.1, -0.05) is 48.0 Å². The quantitative estimate of drug-likeness (QED) is 0.661. The van der Waals surface area contributed by atoms with Crippen LogP contribution in [0.1, 0.15) is 73.6 Å². The second-order valence-corrected chi connectivity index (χ2v) is 8.65. The van der Waals surface area contributed by atoms with Gasteiger partial charge in [0.1, 0.15) is 0 Å². The van der Waals surface area contributed by atoms with E-state index in [1.165, 1.54) is 58.3 Å². The molecule has 0 spiro atoms. The largest absolute Gasteiger partial charge is 0.316 e. The Hall–Kier alpha value is -0.0800. The van der Waals surface area contributed by atoms with Crippen molar-refractivity contribution < 1.29 is 0 Å². The molecule has 0 aromatic carbocycles. The molecule has 0 aromatic rings. The molecular formula is C19H40N2. The lowest BCUT2D eigenvalue weighted by atomic mass is 9.75. The molecule has 1 N–H and O–H groups in total. The van der Waals surface area contributed by atoms with Crippen LogP contribution in [0.2, 0.25) is 0 Å². The molecular weight excluding hydrogens is 256 g/mol. The third kappa shape index (κ3) is 6.69. The van der Waals surface area contributed by atoms with E-state index in [9.17, 15) is 0 Å². The van der Waals surface area contributed by atoms with Crippen LogP contribution in [0.25, 0.3) is 0 Å². The lowest BCUT2D eigenvalue weighted by Gasteiger charge is -2.42. The van der Waals surface area contributed by atoms with Gasteiger partial charge in [-0.2, -0.15) is 0 Å². The van der Waals surface area contributed by atoms with Crippen LogP contribution in [-0.4, -0.2) is 37.6 Å². The van der Waals surface area contributed by atoms with Gasteiger partial charge in [-0.25, -0.2) is 0 Å². The van der Waals surface area contributed by atoms with Crippen molar-refractivity contribution in [1.29, 1.82) is 0 Å². The molecule has 0 aliphatic carbocycles. The zero-order chi connectivity index (χ0) is 15.9. The lowest BCUT2D eigenvalue weighted by Crippen LogP contribution is -2.46. The molecule has 2 heteroatoms. The normalized spacial score (nSPS) is 21.4. The molecule has 1 aliphatic heterocycles. The van der Waals surface area contributed by atoms with Gasteiger partial charge < -0.3 is 10.2 Å². The minimum Gasteiger partial charge on any atom is -0.316 e. The van der Waals surface area contributed by atoms with Crippen LogP contribution in [0.3, 0.4) is 0 Å². The molecule has 2 nitrogen and oxygen atoms in total. The van der Waals surface area contributed by atoms with Gasteiger partial charge in [0, 0.05) is 13.1 Å². The maximum absolute atomic E-state index is 3.66. The fourth-order valence-corrected chi connectivity index (χ4v) is 3.89. The average Bonchev–Trinajstić information content (AvgIpc) is 2.38. The van der Waals surface area contributed by atoms with Gasteiger partial charge in [0.25, 0.3) is 0 Å². The molecule has 126 valence electrons. The van der Waals surface area contributed by atoms with Crippen molar-refractivity contribution >= 4 is 0 Å². The van der Waals surface area contributed by atoms with Gasteiger partial charge >= 0.3 is 0 Å². The summed E-state index contributed by atoms with van der Waals surface area (Å²) in [6.07, 6.45) is 6.63. The first kappa shape index (κ1) is 19.0. The third-order valence-corrected chi connectivity index (χ3v) is 5.25. The van der Waals surface area contributed by atoms with Crippen LogP contribution in [-0.2, 0) is 0 Å². The van der Waals surface area contributed by atoms with Gasteiger partial charge in [0.2, 0.25) is 0 Å². The first-order valence-electron chi connectivity index (χ1n) is 9.24. The summed E-state index contributed by atoms with van der Waals surface area (Å²) in [5, 5.41) is 3.66. The van der Waals surface area contributed by atoms with E-state index in [1.54, 1.807) is 0 Å². The molecule has 1 fully saturated rings. The number of nitrogens with one attached hydrogen (secondary N) is 1. The van der Waals surface area contributed by atoms with Crippen molar-refractivity contribution in [1.82, 2.24) is 10.2 Å². The van der Waals surface area contributed by atoms with Crippen molar-refractivity contribution in [3.05, 3.63) is 0 Å². The van der Waals surface area contributed by atoms with E-state index in [0.29, 0.717) is 10.8 Å². The molecule has 1 saturated heterocycles. The van der Waals surface area contributed by atoms with Crippen LogP contribution in [0, 0.1) is 16.7 Å². The summed E-state index contributed by atoms with van der Waals surface area (Å²) in [5.41, 5.74) is 0.931. The number of hydrogen-bond donors (Lipinski definition) is 1. The summed E-state index contributed by atoms with van der Waals surface area (Å²) in [6.45, 7) is 20.5. The van der Waals surface area contributed by atoms with E-state index in [1.807, 2.05) is 0 Å². The standard InChI is InChI=1S/C19H40N2/c1-7-11-19(6,15-20-12-8-2)16-21-13-9-17(10-14-21)18(3,4)5/h17,20H,7-16H2,1-6H3. The maximum atomic E-state index is 3.66. The SMILES string of the molecule is CCCNCC(C)(CCC)CN1CCC(C(C)(C)C)CC1. The Kier molecular flexibility index (Phi) is 7.70. The highest BCUT2D eigenvalue weighted by molar-refractivity contribution is 4.85. The van der Waals surface area contributed by atoms with Gasteiger partial charge in [0.15, 0.2) is 0 Å². The van der Waals surface area contributed by atoms with Gasteiger partial charge in [-0.15, -0.1) is 0 Å². The predicted octanol–water partition coefficient (Wildman–Crippen LogP) is 4.55. The zero-order valence-electron chi connectivity index (χ0n) is 15.6. The lowest BCUT2D eigenvalue weighted by molar-refractivity contribution is 0.0756. The van der Waals surface area contributed by atoms with E-state index >= 15 is 0 Å².